The summed E-state index contributed by atoms with van der Waals surface area (Å²) < 4.78 is 0. The molecule has 0 unspecified atom stereocenters. The van der Waals surface area contributed by atoms with Gasteiger partial charge in [-0.3, -0.25) is 10.1 Å². The Labute approximate surface area is 89.8 Å². The average molecular weight is 231 g/mol. The Morgan fingerprint density at radius 2 is 2.14 bits per heavy atom. The van der Waals surface area contributed by atoms with Crippen LogP contribution in [0.5, 0.6) is 0 Å². The second-order valence-electron chi connectivity index (χ2n) is 2.50. The maximum Gasteiger partial charge on any atom is 0.230 e. The summed E-state index contributed by atoms with van der Waals surface area (Å²) in [7, 11) is 0. The van der Waals surface area contributed by atoms with Gasteiger partial charge in [0.15, 0.2) is 0 Å². The van der Waals surface area contributed by atoms with Gasteiger partial charge in [0.05, 0.1) is 15.6 Å². The van der Waals surface area contributed by atoms with Gasteiger partial charge in [-0.15, -0.1) is 0 Å². The van der Waals surface area contributed by atoms with Crippen molar-refractivity contribution in [3.63, 3.8) is 0 Å². The van der Waals surface area contributed by atoms with Crippen molar-refractivity contribution in [3.05, 3.63) is 43.4 Å². The van der Waals surface area contributed by atoms with Crippen molar-refractivity contribution in [1.82, 2.24) is 0 Å². The number of hydrogen-bond acceptors (Lipinski definition) is 3. The summed E-state index contributed by atoms with van der Waals surface area (Å²) in [5.41, 5.74) is 0.366. The molecule has 0 aliphatic carbocycles. The van der Waals surface area contributed by atoms with Crippen LogP contribution in [0, 0.1) is 21.4 Å². The van der Waals surface area contributed by atoms with Crippen LogP contribution in [0.2, 0.25) is 10.0 Å². The largest absolute Gasteiger partial charge is 0.264 e. The van der Waals surface area contributed by atoms with Crippen molar-refractivity contribution < 1.29 is 4.92 Å². The molecule has 0 aliphatic heterocycles. The molecule has 0 saturated carbocycles. The highest BCUT2D eigenvalue weighted by atomic mass is 35.5. The minimum atomic E-state index is -0.518. The predicted octanol–water partition coefficient (Wildman–Crippen LogP) is 2.64. The smallest absolute Gasteiger partial charge is 0.230 e. The molecule has 1 aromatic rings. The van der Waals surface area contributed by atoms with Gasteiger partial charge in [-0.1, -0.05) is 23.2 Å². The summed E-state index contributed by atoms with van der Waals surface area (Å²) in [6.07, 6.45) is 0. The van der Waals surface area contributed by atoms with Crippen LogP contribution in [-0.4, -0.2) is 4.92 Å². The molecular weight excluding hydrogens is 227 g/mol. The van der Waals surface area contributed by atoms with E-state index in [0.29, 0.717) is 0 Å². The van der Waals surface area contributed by atoms with Crippen molar-refractivity contribution in [3.8, 4) is 6.07 Å². The Balaban J connectivity index is 3.23. The van der Waals surface area contributed by atoms with Crippen LogP contribution in [0.4, 0.5) is 0 Å². The summed E-state index contributed by atoms with van der Waals surface area (Å²) >= 11 is 11.4. The summed E-state index contributed by atoms with van der Waals surface area (Å²) in [6, 6.07) is 4.65. The lowest BCUT2D eigenvalue weighted by atomic mass is 10.1. The van der Waals surface area contributed by atoms with Crippen molar-refractivity contribution in [2.75, 3.05) is 0 Å². The number of benzene rings is 1. The molecule has 0 atom stereocenters. The molecule has 0 radical (unpaired) electrons. The van der Waals surface area contributed by atoms with Crippen LogP contribution in [-0.2, 0) is 6.54 Å². The molecule has 0 fully saturated rings. The Hall–Kier alpha value is -1.31. The fourth-order valence-corrected chi connectivity index (χ4v) is 1.47. The lowest BCUT2D eigenvalue weighted by molar-refractivity contribution is -0.496. The molecule has 1 rings (SSSR count). The Morgan fingerprint density at radius 3 is 2.64 bits per heavy atom. The van der Waals surface area contributed by atoms with E-state index in [-0.39, 0.29) is 21.2 Å². The zero-order chi connectivity index (χ0) is 10.7. The molecule has 0 heterocycles. The van der Waals surface area contributed by atoms with E-state index in [9.17, 15) is 10.1 Å². The monoisotopic (exact) mass is 230 g/mol. The van der Waals surface area contributed by atoms with Crippen molar-refractivity contribution in [2.24, 2.45) is 0 Å². The summed E-state index contributed by atoms with van der Waals surface area (Å²) in [6.45, 7) is -0.412. The zero-order valence-electron chi connectivity index (χ0n) is 6.83. The minimum absolute atomic E-state index is 0.0525. The number of hydrogen-bond donors (Lipinski definition) is 0. The second-order valence-corrected chi connectivity index (χ2v) is 3.28. The number of rotatable bonds is 2. The van der Waals surface area contributed by atoms with Gasteiger partial charge in [-0.05, 0) is 12.1 Å². The van der Waals surface area contributed by atoms with Crippen molar-refractivity contribution in [1.29, 1.82) is 5.26 Å². The van der Waals surface area contributed by atoms with Crippen molar-refractivity contribution >= 4 is 23.2 Å². The highest BCUT2D eigenvalue weighted by Crippen LogP contribution is 2.27. The summed E-state index contributed by atoms with van der Waals surface area (Å²) in [4.78, 5) is 9.72. The van der Waals surface area contributed by atoms with E-state index < -0.39 is 11.5 Å². The first-order chi connectivity index (χ1) is 6.56. The third-order valence-corrected chi connectivity index (χ3v) is 2.33. The van der Waals surface area contributed by atoms with Gasteiger partial charge >= 0.3 is 0 Å². The molecule has 0 bridgehead atoms. The standard InChI is InChI=1S/C8H4Cl2N2O2/c9-7-2-1-5(4-12(13)14)8(10)6(7)3-11/h1-2H,4H2. The molecule has 0 spiro atoms. The van der Waals surface area contributed by atoms with Gasteiger partial charge in [0.1, 0.15) is 6.07 Å². The normalized spacial score (nSPS) is 9.50. The van der Waals surface area contributed by atoms with E-state index in [4.69, 9.17) is 28.5 Å². The minimum Gasteiger partial charge on any atom is -0.264 e. The van der Waals surface area contributed by atoms with E-state index in [1.165, 1.54) is 12.1 Å². The Bertz CT molecular complexity index is 426. The predicted molar refractivity (Wildman–Crippen MR) is 51.9 cm³/mol. The molecule has 1 aromatic carbocycles. The topological polar surface area (TPSA) is 66.9 Å². The van der Waals surface area contributed by atoms with E-state index in [1.807, 2.05) is 0 Å². The van der Waals surface area contributed by atoms with E-state index >= 15 is 0 Å². The van der Waals surface area contributed by atoms with Crippen LogP contribution in [0.25, 0.3) is 0 Å². The van der Waals surface area contributed by atoms with Gasteiger partial charge in [0.25, 0.3) is 0 Å². The SMILES string of the molecule is N#Cc1c(Cl)ccc(C[N+](=O)[O-])c1Cl. The molecule has 0 N–H and O–H groups in total. The van der Waals surface area contributed by atoms with Gasteiger partial charge in [0, 0.05) is 10.5 Å². The van der Waals surface area contributed by atoms with Crippen LogP contribution in [0.15, 0.2) is 12.1 Å². The Morgan fingerprint density at radius 1 is 1.50 bits per heavy atom. The summed E-state index contributed by atoms with van der Waals surface area (Å²) in [5, 5.41) is 19.2. The molecular formula is C8H4Cl2N2O2. The molecule has 0 amide bonds. The van der Waals surface area contributed by atoms with Crippen molar-refractivity contribution in [2.45, 2.75) is 6.54 Å². The third kappa shape index (κ3) is 2.13. The number of nitriles is 1. The molecule has 0 saturated heterocycles. The lowest BCUT2D eigenvalue weighted by Crippen LogP contribution is -2.00. The highest BCUT2D eigenvalue weighted by molar-refractivity contribution is 6.37. The van der Waals surface area contributed by atoms with E-state index in [0.717, 1.165) is 0 Å². The highest BCUT2D eigenvalue weighted by Gasteiger charge is 2.13. The van der Waals surface area contributed by atoms with Crippen LogP contribution in [0.1, 0.15) is 11.1 Å². The maximum atomic E-state index is 10.2. The lowest BCUT2D eigenvalue weighted by Gasteiger charge is -2.02. The molecule has 4 nitrogen and oxygen atoms in total. The summed E-state index contributed by atoms with van der Waals surface area (Å²) in [5.74, 6) is 0. The molecule has 6 heteroatoms. The third-order valence-electron chi connectivity index (χ3n) is 1.58. The van der Waals surface area contributed by atoms with Crippen LogP contribution < -0.4 is 0 Å². The quantitative estimate of drug-likeness (QED) is 0.580. The second kappa shape index (κ2) is 4.27. The fourth-order valence-electron chi connectivity index (χ4n) is 0.959. The van der Waals surface area contributed by atoms with E-state index in [2.05, 4.69) is 0 Å². The maximum absolute atomic E-state index is 10.2. The molecule has 14 heavy (non-hydrogen) atoms. The zero-order valence-corrected chi connectivity index (χ0v) is 8.34. The van der Waals surface area contributed by atoms with Gasteiger partial charge in [0.2, 0.25) is 6.54 Å². The first-order valence-corrected chi connectivity index (χ1v) is 4.30. The molecule has 72 valence electrons. The van der Waals surface area contributed by atoms with Gasteiger partial charge in [-0.25, -0.2) is 0 Å². The first-order valence-electron chi connectivity index (χ1n) is 3.55. The first kappa shape index (κ1) is 10.8. The van der Waals surface area contributed by atoms with E-state index in [1.54, 1.807) is 6.07 Å². The average Bonchev–Trinajstić information content (AvgIpc) is 2.10. The number of halogens is 2. The van der Waals surface area contributed by atoms with Crippen LogP contribution in [0.3, 0.4) is 0 Å². The van der Waals surface area contributed by atoms with Gasteiger partial charge < -0.3 is 0 Å². The van der Waals surface area contributed by atoms with Gasteiger partial charge in [-0.2, -0.15) is 5.26 Å². The number of nitrogens with zero attached hydrogens (tertiary/aromatic N) is 2. The Kier molecular flexibility index (Phi) is 3.28. The molecule has 0 aliphatic rings. The van der Waals surface area contributed by atoms with Crippen LogP contribution >= 0.6 is 23.2 Å². The molecule has 0 aromatic heterocycles. The number of nitro groups is 1. The fraction of sp³-hybridized carbons (Fsp3) is 0.125.